The Balaban J connectivity index is 2.28. The van der Waals surface area contributed by atoms with Gasteiger partial charge in [0.25, 0.3) is 0 Å². The summed E-state index contributed by atoms with van der Waals surface area (Å²) in [5, 5.41) is 21.2. The fourth-order valence-corrected chi connectivity index (χ4v) is 3.04. The molecule has 1 fully saturated rings. The molecular formula is C13H18BrN3O2. The quantitative estimate of drug-likeness (QED) is 0.343. The van der Waals surface area contributed by atoms with Crippen LogP contribution >= 0.6 is 15.9 Å². The monoisotopic (exact) mass is 327 g/mol. The van der Waals surface area contributed by atoms with Gasteiger partial charge in [-0.1, -0.05) is 5.16 Å². The maximum atomic E-state index is 9.45. The van der Waals surface area contributed by atoms with Gasteiger partial charge in [-0.2, -0.15) is 0 Å². The third-order valence-electron chi connectivity index (χ3n) is 3.51. The van der Waals surface area contributed by atoms with Crippen molar-refractivity contribution >= 4 is 27.5 Å². The number of hydrogen-bond donors (Lipinski definition) is 3. The highest BCUT2D eigenvalue weighted by Crippen LogP contribution is 2.29. The molecule has 0 aromatic heterocycles. The van der Waals surface area contributed by atoms with E-state index in [-0.39, 0.29) is 18.5 Å². The molecule has 2 rings (SSSR count). The van der Waals surface area contributed by atoms with E-state index in [0.717, 1.165) is 36.0 Å². The number of nitrogens with zero attached hydrogens (tertiary/aromatic N) is 2. The zero-order valence-corrected chi connectivity index (χ0v) is 12.2. The zero-order valence-electron chi connectivity index (χ0n) is 10.6. The van der Waals surface area contributed by atoms with Gasteiger partial charge in [-0.05, 0) is 53.4 Å². The summed E-state index contributed by atoms with van der Waals surface area (Å²) in [5.41, 5.74) is 7.29. The molecule has 0 saturated carbocycles. The summed E-state index contributed by atoms with van der Waals surface area (Å²) in [5.74, 6) is 0.0794. The topological polar surface area (TPSA) is 82.1 Å². The number of piperidine rings is 1. The molecule has 1 aliphatic rings. The van der Waals surface area contributed by atoms with Crippen LogP contribution in [-0.2, 0) is 0 Å². The molecule has 0 radical (unpaired) electrons. The first-order valence-electron chi connectivity index (χ1n) is 6.32. The summed E-state index contributed by atoms with van der Waals surface area (Å²) < 4.78 is 0.780. The van der Waals surface area contributed by atoms with E-state index in [1.807, 2.05) is 18.2 Å². The number of benzene rings is 1. The van der Waals surface area contributed by atoms with Gasteiger partial charge in [0.2, 0.25) is 0 Å². The number of oxime groups is 1. The summed E-state index contributed by atoms with van der Waals surface area (Å²) in [6.45, 7) is 1.11. The minimum absolute atomic E-state index is 0.0794. The van der Waals surface area contributed by atoms with Crippen LogP contribution in [0.4, 0.5) is 5.69 Å². The highest BCUT2D eigenvalue weighted by atomic mass is 79.9. The van der Waals surface area contributed by atoms with Crippen molar-refractivity contribution in [3.8, 4) is 0 Å². The summed E-state index contributed by atoms with van der Waals surface area (Å²) in [4.78, 5) is 2.21. The first-order valence-corrected chi connectivity index (χ1v) is 7.11. The highest BCUT2D eigenvalue weighted by Gasteiger charge is 2.22. The molecule has 1 aromatic carbocycles. The molecule has 6 heteroatoms. The minimum Gasteiger partial charge on any atom is -0.409 e. The van der Waals surface area contributed by atoms with Crippen LogP contribution in [0.2, 0.25) is 0 Å². The summed E-state index contributed by atoms with van der Waals surface area (Å²) in [7, 11) is 0. The first kappa shape index (κ1) is 14.1. The normalized spacial score (nSPS) is 20.6. The molecule has 1 atom stereocenters. The standard InChI is InChI=1S/C13H18BrN3O2/c14-12-7-9(4-5-11(12)13(15)16-19)17-6-2-1-3-10(17)8-18/h4-5,7,10,18-19H,1-3,6,8H2,(H2,15,16). The van der Waals surface area contributed by atoms with Crippen molar-refractivity contribution in [2.45, 2.75) is 25.3 Å². The predicted octanol–water partition coefficient (Wildman–Crippen LogP) is 1.89. The summed E-state index contributed by atoms with van der Waals surface area (Å²) in [6.07, 6.45) is 3.30. The number of aliphatic hydroxyl groups is 1. The van der Waals surface area contributed by atoms with Gasteiger partial charge in [-0.15, -0.1) is 0 Å². The molecule has 1 heterocycles. The van der Waals surface area contributed by atoms with E-state index in [2.05, 4.69) is 26.0 Å². The van der Waals surface area contributed by atoms with E-state index >= 15 is 0 Å². The molecular weight excluding hydrogens is 310 g/mol. The van der Waals surface area contributed by atoms with Crippen LogP contribution in [0, 0.1) is 0 Å². The Bertz CT molecular complexity index is 479. The van der Waals surface area contributed by atoms with Gasteiger partial charge in [0.15, 0.2) is 5.84 Å². The van der Waals surface area contributed by atoms with Crippen LogP contribution in [-0.4, -0.2) is 35.3 Å². The van der Waals surface area contributed by atoms with E-state index in [1.54, 1.807) is 0 Å². The van der Waals surface area contributed by atoms with E-state index in [0.29, 0.717) is 5.56 Å². The summed E-state index contributed by atoms with van der Waals surface area (Å²) in [6, 6.07) is 5.88. The third-order valence-corrected chi connectivity index (χ3v) is 4.16. The highest BCUT2D eigenvalue weighted by molar-refractivity contribution is 9.10. The van der Waals surface area contributed by atoms with Crippen LogP contribution < -0.4 is 10.6 Å². The van der Waals surface area contributed by atoms with Crippen LogP contribution in [0.3, 0.4) is 0 Å². The van der Waals surface area contributed by atoms with Crippen molar-refractivity contribution in [2.24, 2.45) is 10.9 Å². The van der Waals surface area contributed by atoms with Gasteiger partial charge < -0.3 is 20.9 Å². The molecule has 19 heavy (non-hydrogen) atoms. The fourth-order valence-electron chi connectivity index (χ4n) is 2.47. The van der Waals surface area contributed by atoms with Crippen LogP contribution in [0.25, 0.3) is 0 Å². The lowest BCUT2D eigenvalue weighted by atomic mass is 10.0. The lowest BCUT2D eigenvalue weighted by Gasteiger charge is -2.36. The van der Waals surface area contributed by atoms with Gasteiger partial charge in [0, 0.05) is 22.3 Å². The van der Waals surface area contributed by atoms with Crippen LogP contribution in [0.5, 0.6) is 0 Å². The third kappa shape index (κ3) is 3.01. The lowest BCUT2D eigenvalue weighted by Crippen LogP contribution is -2.41. The maximum absolute atomic E-state index is 9.45. The van der Waals surface area contributed by atoms with Crippen molar-refractivity contribution in [3.63, 3.8) is 0 Å². The van der Waals surface area contributed by atoms with Crippen molar-refractivity contribution in [3.05, 3.63) is 28.2 Å². The number of anilines is 1. The molecule has 0 aliphatic carbocycles. The predicted molar refractivity (Wildman–Crippen MR) is 78.7 cm³/mol. The number of aliphatic hydroxyl groups excluding tert-OH is 1. The molecule has 5 nitrogen and oxygen atoms in total. The van der Waals surface area contributed by atoms with Crippen molar-refractivity contribution in [1.82, 2.24) is 0 Å². The lowest BCUT2D eigenvalue weighted by molar-refractivity contribution is 0.240. The molecule has 1 aromatic rings. The molecule has 1 aliphatic heterocycles. The van der Waals surface area contributed by atoms with Gasteiger partial charge >= 0.3 is 0 Å². The van der Waals surface area contributed by atoms with E-state index in [9.17, 15) is 5.11 Å². The molecule has 4 N–H and O–H groups in total. The Labute approximate surface area is 120 Å². The maximum Gasteiger partial charge on any atom is 0.171 e. The van der Waals surface area contributed by atoms with Crippen LogP contribution in [0.1, 0.15) is 24.8 Å². The van der Waals surface area contributed by atoms with Crippen molar-refractivity contribution in [2.75, 3.05) is 18.1 Å². The van der Waals surface area contributed by atoms with Gasteiger partial charge in [0.05, 0.1) is 12.6 Å². The minimum atomic E-state index is 0.0794. The number of halogens is 1. The zero-order chi connectivity index (χ0) is 13.8. The molecule has 104 valence electrons. The van der Waals surface area contributed by atoms with Crippen molar-refractivity contribution in [1.29, 1.82) is 0 Å². The Morgan fingerprint density at radius 2 is 2.26 bits per heavy atom. The molecule has 0 spiro atoms. The number of nitrogens with two attached hydrogens (primary N) is 1. The Kier molecular flexibility index (Phi) is 4.66. The number of amidine groups is 1. The second kappa shape index (κ2) is 6.25. The Morgan fingerprint density at radius 3 is 2.89 bits per heavy atom. The van der Waals surface area contributed by atoms with Gasteiger partial charge in [-0.3, -0.25) is 0 Å². The second-order valence-electron chi connectivity index (χ2n) is 4.67. The van der Waals surface area contributed by atoms with E-state index < -0.39 is 0 Å². The van der Waals surface area contributed by atoms with Gasteiger partial charge in [-0.25, -0.2) is 0 Å². The van der Waals surface area contributed by atoms with E-state index in [4.69, 9.17) is 10.9 Å². The van der Waals surface area contributed by atoms with Crippen molar-refractivity contribution < 1.29 is 10.3 Å². The second-order valence-corrected chi connectivity index (χ2v) is 5.53. The SMILES string of the molecule is N/C(=N/O)c1ccc(N2CCCCC2CO)cc1Br. The largest absolute Gasteiger partial charge is 0.409 e. The molecule has 0 bridgehead atoms. The fraction of sp³-hybridized carbons (Fsp3) is 0.462. The molecule has 0 amide bonds. The average molecular weight is 328 g/mol. The Morgan fingerprint density at radius 1 is 1.47 bits per heavy atom. The smallest absolute Gasteiger partial charge is 0.171 e. The van der Waals surface area contributed by atoms with E-state index in [1.165, 1.54) is 0 Å². The summed E-state index contributed by atoms with van der Waals surface area (Å²) >= 11 is 3.44. The van der Waals surface area contributed by atoms with Crippen LogP contribution in [0.15, 0.2) is 27.8 Å². The Hall–Kier alpha value is -1.27. The average Bonchev–Trinajstić information content (AvgIpc) is 2.46. The first-order chi connectivity index (χ1) is 9.17. The molecule has 1 unspecified atom stereocenters. The molecule has 1 saturated heterocycles. The van der Waals surface area contributed by atoms with Gasteiger partial charge in [0.1, 0.15) is 0 Å². The number of hydrogen-bond acceptors (Lipinski definition) is 4. The number of rotatable bonds is 3.